The highest BCUT2D eigenvalue weighted by Crippen LogP contribution is 2.40. The molecule has 3 aromatic rings. The van der Waals surface area contributed by atoms with Crippen LogP contribution in [0.15, 0.2) is 35.5 Å². The third-order valence-electron chi connectivity index (χ3n) is 6.23. The molecule has 0 bridgehead atoms. The second-order valence-electron chi connectivity index (χ2n) is 8.72. The summed E-state index contributed by atoms with van der Waals surface area (Å²) in [6, 6.07) is 4.50. The number of halogens is 5. The molecule has 2 heterocycles. The topological polar surface area (TPSA) is 101 Å². The van der Waals surface area contributed by atoms with Gasteiger partial charge in [0.15, 0.2) is 5.82 Å². The molecule has 1 aliphatic rings. The highest BCUT2D eigenvalue weighted by atomic mass is 32.2. The Balaban J connectivity index is 1.82. The molecule has 7 nitrogen and oxygen atoms in total. The smallest absolute Gasteiger partial charge is 0.334 e. The van der Waals surface area contributed by atoms with Crippen molar-refractivity contribution in [3.05, 3.63) is 41.7 Å². The number of sulfonamides is 1. The van der Waals surface area contributed by atoms with E-state index in [4.69, 9.17) is 0 Å². The van der Waals surface area contributed by atoms with E-state index in [1.165, 1.54) is 6.07 Å². The predicted molar refractivity (Wildman–Crippen MR) is 121 cm³/mol. The average molecular weight is 528 g/mol. The number of hydrogen-bond acceptors (Lipinski definition) is 5. The van der Waals surface area contributed by atoms with Crippen LogP contribution in [0.25, 0.3) is 22.4 Å². The maximum atomic E-state index is 13.0. The van der Waals surface area contributed by atoms with Crippen LogP contribution in [-0.4, -0.2) is 41.6 Å². The van der Waals surface area contributed by atoms with Crippen LogP contribution in [0.1, 0.15) is 49.8 Å². The molecule has 36 heavy (non-hydrogen) atoms. The van der Waals surface area contributed by atoms with Crippen LogP contribution in [0.3, 0.4) is 0 Å². The Kier molecular flexibility index (Phi) is 7.03. The fraction of sp³-hybridized carbons (Fsp3) is 0.435. The lowest BCUT2D eigenvalue weighted by Crippen LogP contribution is -2.43. The summed E-state index contributed by atoms with van der Waals surface area (Å²) in [7, 11) is -4.56. The second-order valence-corrected chi connectivity index (χ2v) is 10.4. The first-order valence-corrected chi connectivity index (χ1v) is 12.7. The van der Waals surface area contributed by atoms with Gasteiger partial charge in [0.1, 0.15) is 22.7 Å². The van der Waals surface area contributed by atoms with Crippen molar-refractivity contribution in [3.8, 4) is 17.6 Å². The summed E-state index contributed by atoms with van der Waals surface area (Å²) in [5.41, 5.74) is 1.50. The highest BCUT2D eigenvalue weighted by Gasteiger charge is 2.39. The highest BCUT2D eigenvalue weighted by molar-refractivity contribution is 7.89. The normalized spacial score (nSPS) is 16.1. The zero-order chi connectivity index (χ0) is 26.3. The minimum Gasteiger partial charge on any atom is -0.334 e. The van der Waals surface area contributed by atoms with Gasteiger partial charge in [0.25, 0.3) is 0 Å². The molecule has 0 spiro atoms. The lowest BCUT2D eigenvalue weighted by molar-refractivity contribution is -0.147. The van der Waals surface area contributed by atoms with Crippen molar-refractivity contribution in [1.82, 2.24) is 19.3 Å². The molecule has 2 aromatic heterocycles. The van der Waals surface area contributed by atoms with E-state index in [1.807, 2.05) is 4.57 Å². The van der Waals surface area contributed by atoms with E-state index in [9.17, 15) is 35.6 Å². The summed E-state index contributed by atoms with van der Waals surface area (Å²) in [4.78, 5) is 7.61. The van der Waals surface area contributed by atoms with Crippen LogP contribution in [-0.2, 0) is 16.4 Å². The Morgan fingerprint density at radius 3 is 2.39 bits per heavy atom. The van der Waals surface area contributed by atoms with E-state index in [0.717, 1.165) is 38.1 Å². The Labute approximate surface area is 204 Å². The lowest BCUT2D eigenvalue weighted by Gasteiger charge is -2.18. The number of hydrogen-bond donors (Lipinski definition) is 1. The fourth-order valence-corrected chi connectivity index (χ4v) is 5.60. The van der Waals surface area contributed by atoms with Crippen LogP contribution in [0.4, 0.5) is 22.0 Å². The van der Waals surface area contributed by atoms with Crippen LogP contribution in [0.5, 0.6) is 0 Å². The maximum Gasteiger partial charge on any atom is 0.404 e. The summed E-state index contributed by atoms with van der Waals surface area (Å²) < 4.78 is 92.7. The van der Waals surface area contributed by atoms with Gasteiger partial charge in [-0.1, -0.05) is 25.0 Å². The zero-order valence-corrected chi connectivity index (χ0v) is 19.9. The first-order chi connectivity index (χ1) is 16.9. The molecule has 4 rings (SSSR count). The van der Waals surface area contributed by atoms with E-state index in [0.29, 0.717) is 29.1 Å². The van der Waals surface area contributed by atoms with Gasteiger partial charge in [-0.25, -0.2) is 27.2 Å². The zero-order valence-electron chi connectivity index (χ0n) is 19.1. The van der Waals surface area contributed by atoms with Crippen LogP contribution in [0, 0.1) is 11.3 Å². The van der Waals surface area contributed by atoms with Crippen LogP contribution >= 0.6 is 0 Å². The third kappa shape index (κ3) is 5.05. The average Bonchev–Trinajstić information content (AvgIpc) is 3.43. The van der Waals surface area contributed by atoms with Gasteiger partial charge in [-0.2, -0.15) is 23.2 Å². The molecule has 1 aliphatic carbocycles. The Morgan fingerprint density at radius 1 is 1.19 bits per heavy atom. The number of nitriles is 1. The molecule has 1 fully saturated rings. The van der Waals surface area contributed by atoms with E-state index in [2.05, 4.69) is 16.0 Å². The molecular formula is C23H22F5N5O2S. The minimum atomic E-state index is -4.78. The van der Waals surface area contributed by atoms with Crippen LogP contribution < -0.4 is 4.72 Å². The monoisotopic (exact) mass is 527 g/mol. The number of aromatic nitrogens is 3. The largest absolute Gasteiger partial charge is 0.404 e. The molecule has 0 radical (unpaired) electrons. The molecule has 1 saturated carbocycles. The van der Waals surface area contributed by atoms with Crippen molar-refractivity contribution in [3.63, 3.8) is 0 Å². The SMILES string of the molecule is CC(NS(=O)(=O)c1cnc(-c2c(C#N)c3ccc(CC(F)F)cc3n2C2CCCC2)nc1)C(F)(F)F. The van der Waals surface area contributed by atoms with Crippen molar-refractivity contribution < 1.29 is 30.4 Å². The molecule has 1 aromatic carbocycles. The van der Waals surface area contributed by atoms with Gasteiger partial charge in [-0.15, -0.1) is 0 Å². The van der Waals surface area contributed by atoms with E-state index in [-0.39, 0.29) is 17.4 Å². The number of rotatable bonds is 7. The fourth-order valence-electron chi connectivity index (χ4n) is 4.48. The molecule has 0 aliphatic heterocycles. The molecule has 1 unspecified atom stereocenters. The number of fused-ring (bicyclic) bond motifs is 1. The van der Waals surface area contributed by atoms with Gasteiger partial charge in [0.05, 0.1) is 23.5 Å². The van der Waals surface area contributed by atoms with Crippen molar-refractivity contribution in [2.24, 2.45) is 0 Å². The summed E-state index contributed by atoms with van der Waals surface area (Å²) >= 11 is 0. The van der Waals surface area contributed by atoms with Crippen molar-refractivity contribution >= 4 is 20.9 Å². The van der Waals surface area contributed by atoms with Gasteiger partial charge in [-0.3, -0.25) is 0 Å². The third-order valence-corrected chi connectivity index (χ3v) is 7.73. The summed E-state index contributed by atoms with van der Waals surface area (Å²) in [6.45, 7) is 0.675. The van der Waals surface area contributed by atoms with Gasteiger partial charge in [0.2, 0.25) is 16.4 Å². The first kappa shape index (κ1) is 26.0. The second kappa shape index (κ2) is 9.74. The summed E-state index contributed by atoms with van der Waals surface area (Å²) in [5.74, 6) is 0.00730. The molecule has 1 N–H and O–H groups in total. The van der Waals surface area contributed by atoms with E-state index < -0.39 is 40.0 Å². The number of nitrogens with one attached hydrogen (secondary N) is 1. The lowest BCUT2D eigenvalue weighted by atomic mass is 10.1. The van der Waals surface area contributed by atoms with Crippen molar-refractivity contribution in [1.29, 1.82) is 5.26 Å². The summed E-state index contributed by atoms with van der Waals surface area (Å²) in [6.07, 6.45) is -2.57. The molecule has 0 amide bonds. The molecule has 192 valence electrons. The van der Waals surface area contributed by atoms with Crippen LogP contribution in [0.2, 0.25) is 0 Å². The standard InChI is InChI=1S/C23H22F5N5O2S/c1-13(23(26,27)28)32-36(34,35)16-11-30-22(31-12-16)21-18(10-29)17-7-6-14(9-20(24)25)8-19(17)33(21)15-4-2-3-5-15/h6-8,11-13,15,20,32H,2-5,9H2,1H3. The summed E-state index contributed by atoms with van der Waals surface area (Å²) in [5, 5.41) is 10.5. The quantitative estimate of drug-likeness (QED) is 0.430. The first-order valence-electron chi connectivity index (χ1n) is 11.2. The van der Waals surface area contributed by atoms with E-state index >= 15 is 0 Å². The maximum absolute atomic E-state index is 13.0. The molecular weight excluding hydrogens is 505 g/mol. The Bertz CT molecular complexity index is 1410. The molecule has 13 heteroatoms. The van der Waals surface area contributed by atoms with Crippen molar-refractivity contribution in [2.45, 2.75) is 68.6 Å². The Morgan fingerprint density at radius 2 is 1.83 bits per heavy atom. The Hall–Kier alpha value is -3.11. The number of benzene rings is 1. The molecule has 0 saturated heterocycles. The number of alkyl halides is 5. The van der Waals surface area contributed by atoms with Gasteiger partial charge in [0, 0.05) is 17.8 Å². The number of nitrogens with zero attached hydrogens (tertiary/aromatic N) is 4. The van der Waals surface area contributed by atoms with Gasteiger partial charge in [-0.05, 0) is 31.4 Å². The van der Waals surface area contributed by atoms with Crippen molar-refractivity contribution in [2.75, 3.05) is 0 Å². The minimum absolute atomic E-state index is 0.00730. The molecule has 1 atom stereocenters. The van der Waals surface area contributed by atoms with Gasteiger partial charge < -0.3 is 4.57 Å². The van der Waals surface area contributed by atoms with E-state index in [1.54, 1.807) is 16.9 Å². The van der Waals surface area contributed by atoms with Gasteiger partial charge >= 0.3 is 6.18 Å². The predicted octanol–water partition coefficient (Wildman–Crippen LogP) is 5.12.